The monoisotopic (exact) mass is 212 g/mol. The van der Waals surface area contributed by atoms with Crippen LogP contribution in [0.25, 0.3) is 0 Å². The number of nitrogens with two attached hydrogens (primary N) is 1. The molecule has 0 fully saturated rings. The number of nitrogens with zero attached hydrogens (tertiary/aromatic N) is 1. The maximum Gasteiger partial charge on any atom is 0.0604 e. The predicted molar refractivity (Wildman–Crippen MR) is 68.7 cm³/mol. The molecule has 0 amide bonds. The summed E-state index contributed by atoms with van der Waals surface area (Å²) in [4.78, 5) is 0. The van der Waals surface area contributed by atoms with Crippen molar-refractivity contribution in [1.82, 2.24) is 0 Å². The van der Waals surface area contributed by atoms with Crippen molar-refractivity contribution < 1.29 is 0 Å². The molecular weight excluding hydrogens is 196 g/mol. The van der Waals surface area contributed by atoms with Crippen molar-refractivity contribution >= 4 is 11.4 Å². The SMILES string of the molecule is Cc1ccc(N(N)c2ccccc2)c(C)c1. The van der Waals surface area contributed by atoms with Crippen LogP contribution in [0.1, 0.15) is 11.1 Å². The Morgan fingerprint density at radius 3 is 2.25 bits per heavy atom. The molecule has 2 rings (SSSR count). The number of hydrazine groups is 1. The van der Waals surface area contributed by atoms with Gasteiger partial charge in [0.1, 0.15) is 0 Å². The van der Waals surface area contributed by atoms with E-state index in [0.29, 0.717) is 0 Å². The number of hydrogen-bond acceptors (Lipinski definition) is 2. The van der Waals surface area contributed by atoms with Gasteiger partial charge >= 0.3 is 0 Å². The van der Waals surface area contributed by atoms with E-state index in [2.05, 4.69) is 32.0 Å². The normalized spacial score (nSPS) is 10.2. The lowest BCUT2D eigenvalue weighted by Gasteiger charge is -2.21. The second-order valence-electron chi connectivity index (χ2n) is 4.00. The predicted octanol–water partition coefficient (Wildman–Crippen LogP) is 3.32. The van der Waals surface area contributed by atoms with Crippen LogP contribution < -0.4 is 10.9 Å². The summed E-state index contributed by atoms with van der Waals surface area (Å²) in [5, 5.41) is 1.72. The van der Waals surface area contributed by atoms with E-state index in [1.54, 1.807) is 5.01 Å². The Kier molecular flexibility index (Phi) is 2.93. The number of benzene rings is 2. The van der Waals surface area contributed by atoms with Crippen molar-refractivity contribution in [3.05, 3.63) is 59.7 Å². The Balaban J connectivity index is 2.38. The van der Waals surface area contributed by atoms with Crippen molar-refractivity contribution in [3.63, 3.8) is 0 Å². The van der Waals surface area contributed by atoms with Crippen LogP contribution in [0.4, 0.5) is 11.4 Å². The van der Waals surface area contributed by atoms with Crippen LogP contribution in [0.3, 0.4) is 0 Å². The largest absolute Gasteiger partial charge is 0.279 e. The lowest BCUT2D eigenvalue weighted by Crippen LogP contribution is -2.25. The number of anilines is 2. The number of rotatable bonds is 2. The van der Waals surface area contributed by atoms with Crippen LogP contribution in [-0.2, 0) is 0 Å². The van der Waals surface area contributed by atoms with Gasteiger partial charge in [0.2, 0.25) is 0 Å². The average Bonchev–Trinajstić information content (AvgIpc) is 2.29. The van der Waals surface area contributed by atoms with E-state index in [0.717, 1.165) is 11.4 Å². The molecule has 2 aromatic rings. The highest BCUT2D eigenvalue weighted by molar-refractivity contribution is 5.64. The first-order chi connectivity index (χ1) is 7.68. The molecule has 0 spiro atoms. The second kappa shape index (κ2) is 4.37. The van der Waals surface area contributed by atoms with E-state index in [1.807, 2.05) is 30.3 Å². The van der Waals surface area contributed by atoms with Crippen LogP contribution in [0.15, 0.2) is 48.5 Å². The molecule has 0 atom stereocenters. The summed E-state index contributed by atoms with van der Waals surface area (Å²) in [6.07, 6.45) is 0. The standard InChI is InChI=1S/C14H16N2/c1-11-8-9-14(12(2)10-11)16(15)13-6-4-3-5-7-13/h3-10H,15H2,1-2H3. The fourth-order valence-electron chi connectivity index (χ4n) is 1.80. The van der Waals surface area contributed by atoms with E-state index in [9.17, 15) is 0 Å². The van der Waals surface area contributed by atoms with E-state index >= 15 is 0 Å². The molecule has 2 heteroatoms. The molecule has 0 aliphatic heterocycles. The third-order valence-corrected chi connectivity index (χ3v) is 2.65. The van der Waals surface area contributed by atoms with E-state index < -0.39 is 0 Å². The van der Waals surface area contributed by atoms with Gasteiger partial charge < -0.3 is 0 Å². The van der Waals surface area contributed by atoms with Gasteiger partial charge in [0.05, 0.1) is 11.4 Å². The summed E-state index contributed by atoms with van der Waals surface area (Å²) in [6, 6.07) is 16.2. The number of hydrogen-bond donors (Lipinski definition) is 1. The minimum Gasteiger partial charge on any atom is -0.279 e. The molecule has 0 bridgehead atoms. The van der Waals surface area contributed by atoms with E-state index in [1.165, 1.54) is 11.1 Å². The maximum absolute atomic E-state index is 6.10. The minimum atomic E-state index is 0.995. The van der Waals surface area contributed by atoms with Gasteiger partial charge in [0, 0.05) is 0 Å². The van der Waals surface area contributed by atoms with Crippen molar-refractivity contribution in [2.45, 2.75) is 13.8 Å². The molecule has 0 saturated heterocycles. The zero-order chi connectivity index (χ0) is 11.5. The van der Waals surface area contributed by atoms with Gasteiger partial charge in [-0.15, -0.1) is 0 Å². The van der Waals surface area contributed by atoms with Crippen molar-refractivity contribution in [3.8, 4) is 0 Å². The molecule has 0 aliphatic rings. The lowest BCUT2D eigenvalue weighted by atomic mass is 10.1. The second-order valence-corrected chi connectivity index (χ2v) is 4.00. The first-order valence-corrected chi connectivity index (χ1v) is 5.35. The quantitative estimate of drug-likeness (QED) is 0.611. The molecule has 0 radical (unpaired) electrons. The van der Waals surface area contributed by atoms with E-state index in [4.69, 9.17) is 5.84 Å². The topological polar surface area (TPSA) is 29.3 Å². The first-order valence-electron chi connectivity index (χ1n) is 5.35. The Morgan fingerprint density at radius 1 is 0.938 bits per heavy atom. The number of para-hydroxylation sites is 1. The zero-order valence-corrected chi connectivity index (χ0v) is 9.64. The Bertz CT molecular complexity index is 477. The summed E-state index contributed by atoms with van der Waals surface area (Å²) in [5.74, 6) is 6.10. The molecule has 2 aromatic carbocycles. The molecule has 2 N–H and O–H groups in total. The van der Waals surface area contributed by atoms with Gasteiger partial charge in [-0.05, 0) is 37.6 Å². The van der Waals surface area contributed by atoms with Crippen LogP contribution in [0.2, 0.25) is 0 Å². The Labute approximate surface area is 96.3 Å². The number of aryl methyl sites for hydroxylation is 2. The first kappa shape index (κ1) is 10.7. The van der Waals surface area contributed by atoms with Crippen molar-refractivity contribution in [2.75, 3.05) is 5.01 Å². The molecular formula is C14H16N2. The van der Waals surface area contributed by atoms with E-state index in [-0.39, 0.29) is 0 Å². The highest BCUT2D eigenvalue weighted by Crippen LogP contribution is 2.25. The molecule has 16 heavy (non-hydrogen) atoms. The third kappa shape index (κ3) is 2.07. The van der Waals surface area contributed by atoms with Crippen LogP contribution in [-0.4, -0.2) is 0 Å². The lowest BCUT2D eigenvalue weighted by molar-refractivity contribution is 1.07. The van der Waals surface area contributed by atoms with Crippen molar-refractivity contribution in [2.24, 2.45) is 5.84 Å². The highest BCUT2D eigenvalue weighted by Gasteiger charge is 2.06. The smallest absolute Gasteiger partial charge is 0.0604 e. The van der Waals surface area contributed by atoms with Crippen LogP contribution >= 0.6 is 0 Å². The molecule has 0 aliphatic carbocycles. The molecule has 0 unspecified atom stereocenters. The summed E-state index contributed by atoms with van der Waals surface area (Å²) in [7, 11) is 0. The fraction of sp³-hybridized carbons (Fsp3) is 0.143. The maximum atomic E-state index is 6.10. The average molecular weight is 212 g/mol. The molecule has 82 valence electrons. The van der Waals surface area contributed by atoms with Gasteiger partial charge in [-0.25, -0.2) is 5.84 Å². The Hall–Kier alpha value is -1.80. The third-order valence-electron chi connectivity index (χ3n) is 2.65. The van der Waals surface area contributed by atoms with Gasteiger partial charge in [-0.3, -0.25) is 5.01 Å². The van der Waals surface area contributed by atoms with Crippen molar-refractivity contribution in [1.29, 1.82) is 0 Å². The highest BCUT2D eigenvalue weighted by atomic mass is 15.4. The van der Waals surface area contributed by atoms with Gasteiger partial charge in [0.15, 0.2) is 0 Å². The Morgan fingerprint density at radius 2 is 1.62 bits per heavy atom. The molecule has 0 saturated carbocycles. The summed E-state index contributed by atoms with van der Waals surface area (Å²) < 4.78 is 0. The molecule has 0 aromatic heterocycles. The van der Waals surface area contributed by atoms with Gasteiger partial charge in [-0.1, -0.05) is 35.9 Å². The molecule has 0 heterocycles. The molecule has 2 nitrogen and oxygen atoms in total. The fourth-order valence-corrected chi connectivity index (χ4v) is 1.80. The van der Waals surface area contributed by atoms with Crippen LogP contribution in [0.5, 0.6) is 0 Å². The van der Waals surface area contributed by atoms with Crippen LogP contribution in [0, 0.1) is 13.8 Å². The minimum absolute atomic E-state index is 0.995. The van der Waals surface area contributed by atoms with Gasteiger partial charge in [-0.2, -0.15) is 0 Å². The zero-order valence-electron chi connectivity index (χ0n) is 9.64. The summed E-state index contributed by atoms with van der Waals surface area (Å²) in [5.41, 5.74) is 4.47. The summed E-state index contributed by atoms with van der Waals surface area (Å²) >= 11 is 0. The van der Waals surface area contributed by atoms with Gasteiger partial charge in [0.25, 0.3) is 0 Å². The summed E-state index contributed by atoms with van der Waals surface area (Å²) in [6.45, 7) is 4.16.